The van der Waals surface area contributed by atoms with Gasteiger partial charge in [0.15, 0.2) is 0 Å². The van der Waals surface area contributed by atoms with Gasteiger partial charge in [-0.1, -0.05) is 42.5 Å². The predicted octanol–water partition coefficient (Wildman–Crippen LogP) is 4.65. The average molecular weight is 338 g/mol. The molecule has 0 heterocycles. The Hall–Kier alpha value is -2.36. The maximum atomic E-state index is 13.1. The first-order valence-corrected chi connectivity index (χ1v) is 9.07. The van der Waals surface area contributed by atoms with Crippen molar-refractivity contribution < 1.29 is 9.18 Å². The van der Waals surface area contributed by atoms with Gasteiger partial charge in [-0.25, -0.2) is 9.18 Å². The predicted molar refractivity (Wildman–Crippen MR) is 95.4 cm³/mol. The van der Waals surface area contributed by atoms with Gasteiger partial charge in [-0.2, -0.15) is 0 Å². The molecule has 2 amide bonds. The number of nitrogens with one attached hydrogen (secondary N) is 1. The molecule has 2 saturated carbocycles. The smallest absolute Gasteiger partial charge is 0.318 e. The van der Waals surface area contributed by atoms with E-state index >= 15 is 0 Å². The second kappa shape index (κ2) is 6.87. The summed E-state index contributed by atoms with van der Waals surface area (Å²) in [5, 5.41) is 3.26. The molecule has 0 radical (unpaired) electrons. The van der Waals surface area contributed by atoms with E-state index in [-0.39, 0.29) is 17.9 Å². The van der Waals surface area contributed by atoms with Gasteiger partial charge in [0.1, 0.15) is 5.82 Å². The molecule has 0 saturated heterocycles. The number of urea groups is 1. The van der Waals surface area contributed by atoms with Crippen molar-refractivity contribution in [2.24, 2.45) is 5.92 Å². The van der Waals surface area contributed by atoms with Gasteiger partial charge in [0.25, 0.3) is 0 Å². The largest absolute Gasteiger partial charge is 0.331 e. The van der Waals surface area contributed by atoms with Gasteiger partial charge in [-0.3, -0.25) is 0 Å². The highest BCUT2D eigenvalue weighted by atomic mass is 19.1. The van der Waals surface area contributed by atoms with Crippen molar-refractivity contribution in [2.75, 3.05) is 0 Å². The van der Waals surface area contributed by atoms with Gasteiger partial charge in [-0.15, -0.1) is 0 Å². The normalized spacial score (nSPS) is 17.8. The fourth-order valence-corrected chi connectivity index (χ4v) is 3.32. The molecule has 130 valence electrons. The summed E-state index contributed by atoms with van der Waals surface area (Å²) >= 11 is 0. The zero-order chi connectivity index (χ0) is 17.2. The minimum absolute atomic E-state index is 0.00687. The van der Waals surface area contributed by atoms with Crippen molar-refractivity contribution in [2.45, 2.75) is 44.3 Å². The Morgan fingerprint density at radius 1 is 1.04 bits per heavy atom. The summed E-state index contributed by atoms with van der Waals surface area (Å²) in [6.45, 7) is 0.531. The van der Waals surface area contributed by atoms with E-state index in [0.717, 1.165) is 18.4 Å². The van der Waals surface area contributed by atoms with Crippen molar-refractivity contribution >= 4 is 6.03 Å². The van der Waals surface area contributed by atoms with Crippen LogP contribution in [-0.2, 0) is 6.54 Å². The highest BCUT2D eigenvalue weighted by Gasteiger charge is 2.37. The molecular formula is C21H23FN2O. The summed E-state index contributed by atoms with van der Waals surface area (Å²) in [4.78, 5) is 14.9. The van der Waals surface area contributed by atoms with Crippen molar-refractivity contribution in [1.29, 1.82) is 0 Å². The van der Waals surface area contributed by atoms with E-state index in [2.05, 4.69) is 17.4 Å². The lowest BCUT2D eigenvalue weighted by Gasteiger charge is -2.27. The number of nitrogens with zero attached hydrogens (tertiary/aromatic N) is 1. The summed E-state index contributed by atoms with van der Waals surface area (Å²) in [5.74, 6) is 0.294. The molecule has 2 aromatic rings. The van der Waals surface area contributed by atoms with Gasteiger partial charge < -0.3 is 10.2 Å². The van der Waals surface area contributed by atoms with Crippen molar-refractivity contribution in [3.8, 4) is 0 Å². The fraction of sp³-hybridized carbons (Fsp3) is 0.381. The number of hydrogen-bond donors (Lipinski definition) is 1. The van der Waals surface area contributed by atoms with Gasteiger partial charge in [0.05, 0.1) is 6.04 Å². The van der Waals surface area contributed by atoms with E-state index < -0.39 is 0 Å². The van der Waals surface area contributed by atoms with Gasteiger partial charge in [0, 0.05) is 12.6 Å². The second-order valence-corrected chi connectivity index (χ2v) is 7.16. The van der Waals surface area contributed by atoms with E-state index in [0.29, 0.717) is 18.5 Å². The van der Waals surface area contributed by atoms with E-state index in [1.807, 2.05) is 23.1 Å². The van der Waals surface area contributed by atoms with E-state index in [4.69, 9.17) is 0 Å². The lowest BCUT2D eigenvalue weighted by atomic mass is 10.0. The Bertz CT molecular complexity index is 723. The third kappa shape index (κ3) is 4.01. The number of halogens is 1. The van der Waals surface area contributed by atoms with Crippen molar-refractivity contribution in [1.82, 2.24) is 10.2 Å². The number of rotatable bonds is 6. The van der Waals surface area contributed by atoms with Crippen LogP contribution in [-0.4, -0.2) is 17.0 Å². The van der Waals surface area contributed by atoms with Crippen LogP contribution in [0.4, 0.5) is 9.18 Å². The lowest BCUT2D eigenvalue weighted by Crippen LogP contribution is -2.43. The van der Waals surface area contributed by atoms with Crippen LogP contribution in [0.1, 0.15) is 42.9 Å². The molecule has 1 unspecified atom stereocenters. The first-order chi connectivity index (χ1) is 12.2. The molecule has 1 N–H and O–H groups in total. The van der Waals surface area contributed by atoms with Crippen LogP contribution in [0.5, 0.6) is 0 Å². The molecule has 3 nitrogen and oxygen atoms in total. The molecule has 2 fully saturated rings. The van der Waals surface area contributed by atoms with E-state index in [1.54, 1.807) is 12.1 Å². The number of hydrogen-bond acceptors (Lipinski definition) is 1. The highest BCUT2D eigenvalue weighted by Crippen LogP contribution is 2.41. The van der Waals surface area contributed by atoms with Crippen LogP contribution >= 0.6 is 0 Å². The quantitative estimate of drug-likeness (QED) is 0.817. The molecule has 0 bridgehead atoms. The summed E-state index contributed by atoms with van der Waals surface area (Å²) in [6.07, 6.45) is 4.44. The summed E-state index contributed by atoms with van der Waals surface area (Å²) in [6, 6.07) is 17.0. The van der Waals surface area contributed by atoms with Gasteiger partial charge in [-0.05, 0) is 54.9 Å². The molecular weight excluding hydrogens is 315 g/mol. The third-order valence-corrected chi connectivity index (χ3v) is 5.05. The standard InChI is InChI=1S/C21H23FN2O/c22-18-10-6-15(7-11-18)14-24(19-12-13-19)21(25)23-20(17-8-9-17)16-4-2-1-3-5-16/h1-7,10-11,17,19-20H,8-9,12-14H2,(H,23,25). The van der Waals surface area contributed by atoms with Crippen LogP contribution in [0, 0.1) is 11.7 Å². The first-order valence-electron chi connectivity index (χ1n) is 9.07. The number of carbonyl (C=O) groups excluding carboxylic acids is 1. The number of benzene rings is 2. The Kier molecular flexibility index (Phi) is 4.43. The van der Waals surface area contributed by atoms with Gasteiger partial charge in [0.2, 0.25) is 0 Å². The van der Waals surface area contributed by atoms with Crippen LogP contribution in [0.2, 0.25) is 0 Å². The molecule has 2 aliphatic rings. The Morgan fingerprint density at radius 2 is 1.72 bits per heavy atom. The van der Waals surface area contributed by atoms with Crippen LogP contribution < -0.4 is 5.32 Å². The Balaban J connectivity index is 1.47. The molecule has 0 aliphatic heterocycles. The SMILES string of the molecule is O=C(NC(c1ccccc1)C1CC1)N(Cc1ccc(F)cc1)C1CC1. The Labute approximate surface area is 147 Å². The highest BCUT2D eigenvalue weighted by molar-refractivity contribution is 5.75. The van der Waals surface area contributed by atoms with Crippen LogP contribution in [0.25, 0.3) is 0 Å². The molecule has 2 aromatic carbocycles. The average Bonchev–Trinajstić information content (AvgIpc) is 3.53. The molecule has 0 spiro atoms. The number of amides is 2. The van der Waals surface area contributed by atoms with Crippen LogP contribution in [0.3, 0.4) is 0 Å². The summed E-state index contributed by atoms with van der Waals surface area (Å²) in [5.41, 5.74) is 2.14. The minimum atomic E-state index is -0.246. The van der Waals surface area contributed by atoms with E-state index in [9.17, 15) is 9.18 Å². The zero-order valence-electron chi connectivity index (χ0n) is 14.2. The summed E-state index contributed by atoms with van der Waals surface area (Å²) in [7, 11) is 0. The number of carbonyl (C=O) groups is 1. The second-order valence-electron chi connectivity index (χ2n) is 7.16. The van der Waals surface area contributed by atoms with Crippen molar-refractivity contribution in [3.05, 3.63) is 71.5 Å². The maximum Gasteiger partial charge on any atom is 0.318 e. The lowest BCUT2D eigenvalue weighted by molar-refractivity contribution is 0.186. The zero-order valence-corrected chi connectivity index (χ0v) is 14.2. The molecule has 4 heteroatoms. The van der Waals surface area contributed by atoms with Gasteiger partial charge >= 0.3 is 6.03 Å². The van der Waals surface area contributed by atoms with E-state index in [1.165, 1.54) is 30.5 Å². The molecule has 1 atom stereocenters. The monoisotopic (exact) mass is 338 g/mol. The molecule has 25 heavy (non-hydrogen) atoms. The van der Waals surface area contributed by atoms with Crippen LogP contribution in [0.15, 0.2) is 54.6 Å². The minimum Gasteiger partial charge on any atom is -0.331 e. The van der Waals surface area contributed by atoms with Crippen molar-refractivity contribution in [3.63, 3.8) is 0 Å². The molecule has 0 aromatic heterocycles. The molecule has 4 rings (SSSR count). The third-order valence-electron chi connectivity index (χ3n) is 5.05. The Morgan fingerprint density at radius 3 is 2.32 bits per heavy atom. The molecule has 2 aliphatic carbocycles. The summed E-state index contributed by atoms with van der Waals surface area (Å²) < 4.78 is 13.1. The maximum absolute atomic E-state index is 13.1. The first kappa shape index (κ1) is 16.1. The topological polar surface area (TPSA) is 32.3 Å². The fourth-order valence-electron chi connectivity index (χ4n) is 3.32.